The van der Waals surface area contributed by atoms with E-state index in [1.165, 1.54) is 16.9 Å². The van der Waals surface area contributed by atoms with Gasteiger partial charge in [-0.1, -0.05) is 94.2 Å². The van der Waals surface area contributed by atoms with Gasteiger partial charge in [0.15, 0.2) is 11.3 Å². The lowest BCUT2D eigenvalue weighted by Gasteiger charge is -2.36. The summed E-state index contributed by atoms with van der Waals surface area (Å²) in [5, 5.41) is 36.2. The van der Waals surface area contributed by atoms with Crippen molar-refractivity contribution in [2.45, 2.75) is 111 Å². The number of carbonyl (C=O) groups is 1. The highest BCUT2D eigenvalue weighted by Crippen LogP contribution is 2.49. The fourth-order valence-electron chi connectivity index (χ4n) is 7.51. The number of nitrogens with zero attached hydrogens (tertiary/aromatic N) is 7. The van der Waals surface area contributed by atoms with Crippen LogP contribution < -0.4 is 10.2 Å². The van der Waals surface area contributed by atoms with Crippen LogP contribution in [-0.2, 0) is 14.9 Å². The summed E-state index contributed by atoms with van der Waals surface area (Å²) in [6.07, 6.45) is 14.5. The Hall–Kier alpha value is -5.20. The average molecular weight is 761 g/mol. The molecule has 1 unspecified atom stereocenters. The third-order valence-electron chi connectivity index (χ3n) is 10.8. The van der Waals surface area contributed by atoms with Crippen molar-refractivity contribution in [3.8, 4) is 18.2 Å². The first-order chi connectivity index (χ1) is 26.1. The van der Waals surface area contributed by atoms with Gasteiger partial charge >= 0.3 is 0 Å². The maximum absolute atomic E-state index is 12.4. The molecule has 55 heavy (non-hydrogen) atoms. The van der Waals surface area contributed by atoms with Crippen molar-refractivity contribution in [3.05, 3.63) is 109 Å². The van der Waals surface area contributed by atoms with Crippen LogP contribution in [0.1, 0.15) is 105 Å². The smallest absolute Gasteiger partial charge is 0.219 e. The Morgan fingerprint density at radius 1 is 1.05 bits per heavy atom. The number of allylic oxidation sites excluding steroid dienone is 9. The van der Waals surface area contributed by atoms with Crippen LogP contribution in [0.4, 0.5) is 5.69 Å². The van der Waals surface area contributed by atoms with Crippen molar-refractivity contribution in [2.24, 2.45) is 16.4 Å². The summed E-state index contributed by atoms with van der Waals surface area (Å²) in [4.78, 5) is 17.5. The van der Waals surface area contributed by atoms with Crippen LogP contribution in [0.5, 0.6) is 0 Å². The highest BCUT2D eigenvalue weighted by molar-refractivity contribution is 6.32. The predicted octanol–water partition coefficient (Wildman–Crippen LogP) is 10.8. The van der Waals surface area contributed by atoms with Gasteiger partial charge < -0.3 is 15.0 Å². The minimum absolute atomic E-state index is 0.000961. The van der Waals surface area contributed by atoms with Crippen molar-refractivity contribution in [2.75, 3.05) is 24.5 Å². The summed E-state index contributed by atoms with van der Waals surface area (Å²) >= 11 is 7.26. The number of carbonyl (C=O) groups excluding carboxylic acids is 1. The predicted molar refractivity (Wildman–Crippen MR) is 218 cm³/mol. The number of azide groups is 1. The van der Waals surface area contributed by atoms with E-state index in [4.69, 9.17) is 21.9 Å². The Labute approximate surface area is 331 Å². The zero-order chi connectivity index (χ0) is 40.4. The van der Waals surface area contributed by atoms with Gasteiger partial charge in [0.25, 0.3) is 0 Å². The molecular formula is C44H53ClN8O2. The summed E-state index contributed by atoms with van der Waals surface area (Å²) in [5.41, 5.74) is 13.4. The van der Waals surface area contributed by atoms with E-state index in [0.29, 0.717) is 36.0 Å². The van der Waals surface area contributed by atoms with Crippen LogP contribution in [0.3, 0.4) is 0 Å². The number of fused-ring (bicyclic) bond motifs is 1. The van der Waals surface area contributed by atoms with Gasteiger partial charge in [-0.05, 0) is 98.1 Å². The summed E-state index contributed by atoms with van der Waals surface area (Å²) in [5.74, 6) is 0.373. The molecule has 0 fully saturated rings. The lowest BCUT2D eigenvalue weighted by Crippen LogP contribution is -2.27. The van der Waals surface area contributed by atoms with Crippen molar-refractivity contribution in [3.63, 3.8) is 0 Å². The van der Waals surface area contributed by atoms with Crippen molar-refractivity contribution in [1.82, 2.24) is 5.32 Å². The summed E-state index contributed by atoms with van der Waals surface area (Å²) in [6, 6.07) is 14.4. The summed E-state index contributed by atoms with van der Waals surface area (Å²) in [6.45, 7) is 16.8. The van der Waals surface area contributed by atoms with Crippen LogP contribution >= 0.6 is 11.6 Å². The molecule has 288 valence electrons. The number of anilines is 1. The van der Waals surface area contributed by atoms with Crippen molar-refractivity contribution >= 4 is 23.2 Å². The molecule has 0 spiro atoms. The van der Waals surface area contributed by atoms with Crippen LogP contribution in [0.2, 0.25) is 0 Å². The van der Waals surface area contributed by atoms with E-state index in [9.17, 15) is 20.6 Å². The number of nitrogens with one attached hydrogen (secondary N) is 1. The van der Waals surface area contributed by atoms with Crippen LogP contribution in [0.15, 0.2) is 98.0 Å². The highest BCUT2D eigenvalue weighted by Gasteiger charge is 2.41. The summed E-state index contributed by atoms with van der Waals surface area (Å²) in [7, 11) is 0. The first-order valence-electron chi connectivity index (χ1n) is 19.1. The molecule has 1 aromatic carbocycles. The number of halogens is 1. The number of ether oxygens (including phenoxy) is 1. The minimum Gasteiger partial charge on any atom is -0.480 e. The number of benzene rings is 1. The number of para-hydroxylation sites is 1. The minimum atomic E-state index is -0.918. The van der Waals surface area contributed by atoms with Crippen LogP contribution in [-0.4, -0.2) is 31.1 Å². The van der Waals surface area contributed by atoms with Crippen LogP contribution in [0.25, 0.3) is 10.4 Å². The molecule has 11 heteroatoms. The number of rotatable bonds is 14. The monoisotopic (exact) mass is 760 g/mol. The highest BCUT2D eigenvalue weighted by atomic mass is 35.5. The molecule has 1 aliphatic carbocycles. The molecule has 3 aliphatic rings. The van der Waals surface area contributed by atoms with Gasteiger partial charge in [0, 0.05) is 58.4 Å². The molecule has 0 aromatic heterocycles. The van der Waals surface area contributed by atoms with E-state index in [1.807, 2.05) is 38.1 Å². The molecule has 2 heterocycles. The van der Waals surface area contributed by atoms with Gasteiger partial charge in [0.1, 0.15) is 29.4 Å². The fourth-order valence-corrected chi connectivity index (χ4v) is 7.79. The van der Waals surface area contributed by atoms with E-state index in [2.05, 4.69) is 97.3 Å². The van der Waals surface area contributed by atoms with Gasteiger partial charge in [-0.3, -0.25) is 4.79 Å². The molecule has 4 rings (SSSR count). The molecule has 0 bridgehead atoms. The largest absolute Gasteiger partial charge is 0.480 e. The third kappa shape index (κ3) is 10.1. The molecule has 0 radical (unpaired) electrons. The molecule has 2 aliphatic heterocycles. The van der Waals surface area contributed by atoms with Crippen molar-refractivity contribution < 1.29 is 9.53 Å². The Morgan fingerprint density at radius 3 is 2.45 bits per heavy atom. The van der Waals surface area contributed by atoms with Crippen molar-refractivity contribution in [1.29, 1.82) is 15.8 Å². The number of unbranched alkanes of at least 4 members (excludes halogenated alkanes) is 3. The van der Waals surface area contributed by atoms with Gasteiger partial charge in [0.2, 0.25) is 5.91 Å². The van der Waals surface area contributed by atoms with E-state index in [0.717, 1.165) is 62.6 Å². The topological polar surface area (TPSA) is 162 Å². The van der Waals surface area contributed by atoms with Gasteiger partial charge in [-0.15, -0.1) is 0 Å². The quantitative estimate of drug-likeness (QED) is 0.0652. The Kier molecular flexibility index (Phi) is 14.2. The lowest BCUT2D eigenvalue weighted by atomic mass is 9.70. The Bertz CT molecular complexity index is 2000. The summed E-state index contributed by atoms with van der Waals surface area (Å²) < 4.78 is 5.99. The molecule has 1 amide bonds. The zero-order valence-corrected chi connectivity index (χ0v) is 34.1. The maximum atomic E-state index is 12.4. The third-order valence-corrected chi connectivity index (χ3v) is 11.3. The Morgan fingerprint density at radius 2 is 1.78 bits per heavy atom. The standard InChI is InChI=1S/C44H53ClN8O2/c1-42(2,3)33-25-30(18-20-35-34(29-48)41(32(27-46)28-47)55-44(35,6)7)40(45)31(26-33)19-21-38-43(4,5)36-15-10-11-16-37(36)53(38)24-14-8-9-17-39(54)50-22-12-13-23-51-52-49/h10-11,15-16,18-21,33H,8-9,12-14,17,22-26H2,1-7H3,(H,50,54)/b20-18+,31-19+,38-21+. The molecular weight excluding hydrogens is 708 g/mol. The molecule has 1 atom stereocenters. The van der Waals surface area contributed by atoms with Gasteiger partial charge in [0.05, 0.1) is 0 Å². The SMILES string of the molecule is CC1(C)OC(=C(C#N)C#N)C(C#N)=C1/C=C/C1=C(Cl)C(=C/C=C2/N(CCCCCC(=O)NCCCCN=[N+]=[N-])c3ccccc3C2(C)C)/CC(C(C)(C)C)C1. The number of amides is 1. The lowest BCUT2D eigenvalue weighted by molar-refractivity contribution is -0.121. The second-order valence-corrected chi connectivity index (χ2v) is 16.8. The second kappa shape index (κ2) is 18.4. The van der Waals surface area contributed by atoms with Crippen LogP contribution in [0, 0.1) is 45.3 Å². The second-order valence-electron chi connectivity index (χ2n) is 16.4. The molecule has 1 N–H and O–H groups in total. The van der Waals surface area contributed by atoms with E-state index in [-0.39, 0.29) is 33.6 Å². The first kappa shape index (κ1) is 42.5. The maximum Gasteiger partial charge on any atom is 0.219 e. The van der Waals surface area contributed by atoms with E-state index < -0.39 is 5.60 Å². The molecule has 0 saturated heterocycles. The molecule has 1 aromatic rings. The zero-order valence-electron chi connectivity index (χ0n) is 33.3. The van der Waals surface area contributed by atoms with Gasteiger partial charge in [-0.2, -0.15) is 15.8 Å². The van der Waals surface area contributed by atoms with Gasteiger partial charge in [-0.25, -0.2) is 0 Å². The first-order valence-corrected chi connectivity index (χ1v) is 19.5. The average Bonchev–Trinajstić information content (AvgIpc) is 3.52. The normalized spacial score (nSPS) is 20.2. The Balaban J connectivity index is 1.60. The van der Waals surface area contributed by atoms with E-state index >= 15 is 0 Å². The number of nitriles is 3. The molecule has 0 saturated carbocycles. The number of hydrogen-bond donors (Lipinski definition) is 1. The van der Waals surface area contributed by atoms with E-state index in [1.54, 1.807) is 0 Å². The molecule has 10 nitrogen and oxygen atoms in total. The number of hydrogen-bond acceptors (Lipinski definition) is 7. The fraction of sp³-hybridized carbons (Fsp3) is 0.500.